The highest BCUT2D eigenvalue weighted by atomic mass is 32.2. The molecule has 1 nitrogen and oxygen atoms in total. The van der Waals surface area contributed by atoms with Crippen LogP contribution in [0.2, 0.25) is 0 Å². The number of hydrogen-bond donors (Lipinski definition) is 0. The summed E-state index contributed by atoms with van der Waals surface area (Å²) in [4.78, 5) is 4.63. The Morgan fingerprint density at radius 1 is 1.07 bits per heavy atom. The molecule has 1 aliphatic heterocycles. The smallest absolute Gasteiger partial charge is 0.0754 e. The van der Waals surface area contributed by atoms with Crippen molar-refractivity contribution in [1.82, 2.24) is 0 Å². The highest BCUT2D eigenvalue weighted by Gasteiger charge is 2.14. The standard InChI is InChI=1S/C21H25NS.3C2H6/c1-5-8-18(7-3)20-14-23-15-22-21(20)19-11-9-17(10-12-19)13-16(4)6-2;3*1-2/h5,7-12,15-16H,1,3,6,13-14H2,2,4H3;3*1-2H3/b18-8+;;;/t16-;;;/m1.../s1. The highest BCUT2D eigenvalue weighted by Crippen LogP contribution is 2.32. The Labute approximate surface area is 185 Å². The van der Waals surface area contributed by atoms with Crippen LogP contribution >= 0.6 is 11.8 Å². The van der Waals surface area contributed by atoms with Crippen molar-refractivity contribution in [2.45, 2.75) is 68.2 Å². The largest absolute Gasteiger partial charge is 0.249 e. The molecule has 0 saturated heterocycles. The molecule has 0 fully saturated rings. The number of aliphatic imine (C=N–C) groups is 1. The van der Waals surface area contributed by atoms with Crippen LogP contribution in [0.3, 0.4) is 0 Å². The van der Waals surface area contributed by atoms with Gasteiger partial charge in [0.1, 0.15) is 0 Å². The highest BCUT2D eigenvalue weighted by molar-refractivity contribution is 8.12. The normalized spacial score (nSPS) is 13.6. The van der Waals surface area contributed by atoms with E-state index < -0.39 is 0 Å². The molecule has 29 heavy (non-hydrogen) atoms. The van der Waals surface area contributed by atoms with Crippen molar-refractivity contribution in [3.63, 3.8) is 0 Å². The average molecular weight is 414 g/mol. The van der Waals surface area contributed by atoms with Crippen molar-refractivity contribution in [3.05, 3.63) is 77.9 Å². The molecule has 0 bridgehead atoms. The van der Waals surface area contributed by atoms with Crippen molar-refractivity contribution in [1.29, 1.82) is 0 Å². The lowest BCUT2D eigenvalue weighted by Crippen LogP contribution is -2.02. The van der Waals surface area contributed by atoms with E-state index in [1.54, 1.807) is 17.8 Å². The first-order valence-electron chi connectivity index (χ1n) is 11.1. The molecule has 0 N–H and O–H groups in total. The van der Waals surface area contributed by atoms with Gasteiger partial charge in [-0.25, -0.2) is 4.99 Å². The van der Waals surface area contributed by atoms with E-state index in [9.17, 15) is 0 Å². The Morgan fingerprint density at radius 3 is 2.14 bits per heavy atom. The van der Waals surface area contributed by atoms with Gasteiger partial charge in [0.05, 0.1) is 11.2 Å². The zero-order valence-electron chi connectivity index (χ0n) is 20.1. The molecule has 0 saturated carbocycles. The molecule has 2 rings (SSSR count). The van der Waals surface area contributed by atoms with E-state index in [-0.39, 0.29) is 0 Å². The van der Waals surface area contributed by atoms with E-state index >= 15 is 0 Å². The van der Waals surface area contributed by atoms with Crippen LogP contribution in [0.1, 0.15) is 72.9 Å². The number of thioether (sulfide) groups is 1. The van der Waals surface area contributed by atoms with E-state index in [1.807, 2.05) is 59.2 Å². The lowest BCUT2D eigenvalue weighted by Gasteiger charge is -2.17. The maximum Gasteiger partial charge on any atom is 0.0754 e. The Bertz CT molecular complexity index is 648. The van der Waals surface area contributed by atoms with Crippen molar-refractivity contribution in [2.24, 2.45) is 10.9 Å². The molecule has 0 unspecified atom stereocenters. The Hall–Kier alpha value is -1.80. The van der Waals surface area contributed by atoms with Gasteiger partial charge in [-0.1, -0.05) is 117 Å². The second-order valence-electron chi connectivity index (χ2n) is 5.85. The topological polar surface area (TPSA) is 12.4 Å². The molecule has 1 aromatic carbocycles. The number of nitrogens with zero attached hydrogens (tertiary/aromatic N) is 1. The fourth-order valence-electron chi connectivity index (χ4n) is 2.59. The summed E-state index contributed by atoms with van der Waals surface area (Å²) in [7, 11) is 0. The lowest BCUT2D eigenvalue weighted by molar-refractivity contribution is 0.560. The van der Waals surface area contributed by atoms with Crippen molar-refractivity contribution in [2.75, 3.05) is 5.75 Å². The average Bonchev–Trinajstić information content (AvgIpc) is 2.82. The molecule has 162 valence electrons. The zero-order chi connectivity index (χ0) is 22.7. The van der Waals surface area contributed by atoms with Crippen LogP contribution in [-0.4, -0.2) is 11.3 Å². The second-order valence-corrected chi connectivity index (χ2v) is 6.68. The lowest BCUT2D eigenvalue weighted by atomic mass is 9.96. The number of benzene rings is 1. The van der Waals surface area contributed by atoms with Crippen LogP contribution in [0, 0.1) is 5.92 Å². The van der Waals surface area contributed by atoms with Gasteiger partial charge >= 0.3 is 0 Å². The summed E-state index contributed by atoms with van der Waals surface area (Å²) < 4.78 is 0. The van der Waals surface area contributed by atoms with Gasteiger partial charge in [-0.2, -0.15) is 0 Å². The molecular formula is C27H43NS. The minimum absolute atomic E-state index is 0.725. The summed E-state index contributed by atoms with van der Waals surface area (Å²) in [6, 6.07) is 8.84. The third kappa shape index (κ3) is 10.5. The minimum atomic E-state index is 0.725. The molecule has 1 aliphatic rings. The SMILES string of the molecule is C=C/C=C(\C=C)C1=C(c2ccc(C[C@H](C)CC)cc2)N=CSC1.CC.CC.CC. The van der Waals surface area contributed by atoms with Crippen LogP contribution in [0.4, 0.5) is 0 Å². The number of allylic oxidation sites excluding steroid dienone is 4. The number of hydrogen-bond acceptors (Lipinski definition) is 2. The van der Waals surface area contributed by atoms with Gasteiger partial charge in [0.2, 0.25) is 0 Å². The van der Waals surface area contributed by atoms with Gasteiger partial charge in [0, 0.05) is 11.3 Å². The van der Waals surface area contributed by atoms with Crippen LogP contribution in [0.25, 0.3) is 5.70 Å². The van der Waals surface area contributed by atoms with E-state index in [0.717, 1.165) is 29.4 Å². The summed E-state index contributed by atoms with van der Waals surface area (Å²) >= 11 is 1.71. The maximum atomic E-state index is 4.63. The molecule has 1 heterocycles. The summed E-state index contributed by atoms with van der Waals surface area (Å²) in [5.41, 5.74) is 7.86. The fraction of sp³-hybridized carbons (Fsp3) is 0.444. The van der Waals surface area contributed by atoms with Gasteiger partial charge in [-0.15, -0.1) is 11.8 Å². The molecule has 2 heteroatoms. The van der Waals surface area contributed by atoms with E-state index in [1.165, 1.54) is 23.1 Å². The molecule has 1 atom stereocenters. The minimum Gasteiger partial charge on any atom is -0.249 e. The van der Waals surface area contributed by atoms with E-state index in [4.69, 9.17) is 0 Å². The second kappa shape index (κ2) is 19.5. The molecule has 1 aromatic rings. The molecule has 0 aliphatic carbocycles. The van der Waals surface area contributed by atoms with Gasteiger partial charge in [-0.05, 0) is 29.0 Å². The van der Waals surface area contributed by atoms with Crippen molar-refractivity contribution >= 4 is 23.0 Å². The van der Waals surface area contributed by atoms with Gasteiger partial charge in [0.15, 0.2) is 0 Å². The predicted molar refractivity (Wildman–Crippen MR) is 140 cm³/mol. The summed E-state index contributed by atoms with van der Waals surface area (Å²) in [6.45, 7) is 24.3. The molecular weight excluding hydrogens is 370 g/mol. The van der Waals surface area contributed by atoms with Crippen LogP contribution < -0.4 is 0 Å². The van der Waals surface area contributed by atoms with Crippen LogP contribution in [-0.2, 0) is 6.42 Å². The molecule has 0 spiro atoms. The maximum absolute atomic E-state index is 4.63. The van der Waals surface area contributed by atoms with Gasteiger partial charge in [-0.3, -0.25) is 0 Å². The first-order valence-corrected chi connectivity index (χ1v) is 12.2. The zero-order valence-corrected chi connectivity index (χ0v) is 20.9. The monoisotopic (exact) mass is 413 g/mol. The number of rotatable bonds is 7. The van der Waals surface area contributed by atoms with Crippen LogP contribution in [0.15, 0.2) is 71.8 Å². The van der Waals surface area contributed by atoms with Crippen molar-refractivity contribution in [3.8, 4) is 0 Å². The van der Waals surface area contributed by atoms with Gasteiger partial charge in [0.25, 0.3) is 0 Å². The Balaban J connectivity index is 0. The third-order valence-corrected chi connectivity index (χ3v) is 4.85. The first-order chi connectivity index (χ1) is 14.2. The first kappa shape index (κ1) is 29.4. The van der Waals surface area contributed by atoms with Crippen molar-refractivity contribution < 1.29 is 0 Å². The molecule has 0 aromatic heterocycles. The summed E-state index contributed by atoms with van der Waals surface area (Å²) in [5, 5.41) is 0. The van der Waals surface area contributed by atoms with Crippen LogP contribution in [0.5, 0.6) is 0 Å². The quantitative estimate of drug-likeness (QED) is 0.406. The summed E-state index contributed by atoms with van der Waals surface area (Å²) in [6.07, 6.45) is 8.04. The summed E-state index contributed by atoms with van der Waals surface area (Å²) in [5.74, 6) is 1.64. The Morgan fingerprint density at radius 2 is 1.66 bits per heavy atom. The van der Waals surface area contributed by atoms with E-state index in [2.05, 4.69) is 56.3 Å². The Kier molecular flexibility index (Phi) is 19.8. The molecule has 0 amide bonds. The third-order valence-electron chi connectivity index (χ3n) is 4.14. The molecule has 0 radical (unpaired) electrons. The fourth-order valence-corrected chi connectivity index (χ4v) is 3.31. The predicted octanol–water partition coefficient (Wildman–Crippen LogP) is 9.14. The van der Waals surface area contributed by atoms with Gasteiger partial charge < -0.3 is 0 Å². The van der Waals surface area contributed by atoms with E-state index in [0.29, 0.717) is 0 Å².